The van der Waals surface area contributed by atoms with Crippen molar-refractivity contribution in [3.8, 4) is 5.75 Å². The van der Waals surface area contributed by atoms with Gasteiger partial charge in [-0.15, -0.1) is 0 Å². The summed E-state index contributed by atoms with van der Waals surface area (Å²) in [5.41, 5.74) is -0.00132. The molecule has 0 fully saturated rings. The van der Waals surface area contributed by atoms with Crippen LogP contribution in [0, 0.1) is 0 Å². The van der Waals surface area contributed by atoms with Gasteiger partial charge in [0.15, 0.2) is 0 Å². The molecule has 0 aliphatic rings. The molecule has 0 saturated carbocycles. The van der Waals surface area contributed by atoms with Crippen LogP contribution in [0.1, 0.15) is 20.8 Å². The van der Waals surface area contributed by atoms with E-state index in [1.54, 1.807) is 12.1 Å². The third-order valence-electron chi connectivity index (χ3n) is 2.49. The van der Waals surface area contributed by atoms with Crippen molar-refractivity contribution in [1.29, 1.82) is 0 Å². The third-order valence-corrected chi connectivity index (χ3v) is 2.74. The van der Waals surface area contributed by atoms with E-state index in [4.69, 9.17) is 21.1 Å². The molecule has 0 saturated heterocycles. The Balaban J connectivity index is 2.05. The third kappa shape index (κ3) is 8.38. The fourth-order valence-electron chi connectivity index (χ4n) is 1.45. The highest BCUT2D eigenvalue weighted by Gasteiger charge is 2.11. The molecule has 0 aliphatic heterocycles. The number of β-amino-alcohol motifs (C(OH)–C–C–N with tert-alkyl or cyclic N) is 1. The van der Waals surface area contributed by atoms with Crippen LogP contribution in [-0.4, -0.2) is 43.1 Å². The SMILES string of the molecule is CC(C)(C)NC[C@@H](O)COCCOc1ccc(Cl)cc1. The highest BCUT2D eigenvalue weighted by atomic mass is 35.5. The minimum atomic E-state index is -0.509. The van der Waals surface area contributed by atoms with Gasteiger partial charge < -0.3 is 19.9 Å². The molecule has 0 heterocycles. The molecule has 1 atom stereocenters. The van der Waals surface area contributed by atoms with E-state index in [0.717, 1.165) is 5.75 Å². The van der Waals surface area contributed by atoms with Crippen molar-refractivity contribution in [3.63, 3.8) is 0 Å². The molecule has 1 aromatic rings. The topological polar surface area (TPSA) is 50.7 Å². The zero-order valence-electron chi connectivity index (χ0n) is 12.4. The smallest absolute Gasteiger partial charge is 0.119 e. The first-order valence-electron chi connectivity index (χ1n) is 6.76. The second-order valence-corrected chi connectivity index (χ2v) is 6.10. The number of halogens is 1. The van der Waals surface area contributed by atoms with Crippen LogP contribution in [0.15, 0.2) is 24.3 Å². The lowest BCUT2D eigenvalue weighted by Gasteiger charge is -2.22. The first kappa shape index (κ1) is 17.2. The molecule has 2 N–H and O–H groups in total. The van der Waals surface area contributed by atoms with Gasteiger partial charge in [-0.1, -0.05) is 11.6 Å². The van der Waals surface area contributed by atoms with Crippen LogP contribution in [0.25, 0.3) is 0 Å². The van der Waals surface area contributed by atoms with Crippen molar-refractivity contribution in [2.24, 2.45) is 0 Å². The largest absolute Gasteiger partial charge is 0.491 e. The lowest BCUT2D eigenvalue weighted by atomic mass is 10.1. The van der Waals surface area contributed by atoms with Gasteiger partial charge in [-0.05, 0) is 45.0 Å². The Labute approximate surface area is 126 Å². The molecule has 114 valence electrons. The van der Waals surface area contributed by atoms with Gasteiger partial charge in [0.25, 0.3) is 0 Å². The summed E-state index contributed by atoms with van der Waals surface area (Å²) in [6, 6.07) is 7.17. The van der Waals surface area contributed by atoms with Gasteiger partial charge in [-0.25, -0.2) is 0 Å². The van der Waals surface area contributed by atoms with Crippen molar-refractivity contribution in [1.82, 2.24) is 5.32 Å². The van der Waals surface area contributed by atoms with E-state index in [2.05, 4.69) is 26.1 Å². The van der Waals surface area contributed by atoms with E-state index in [1.165, 1.54) is 0 Å². The molecule has 0 aromatic heterocycles. The number of hydrogen-bond acceptors (Lipinski definition) is 4. The summed E-state index contributed by atoms with van der Waals surface area (Å²) >= 11 is 5.78. The average Bonchev–Trinajstić information content (AvgIpc) is 2.37. The Kier molecular flexibility index (Phi) is 7.30. The Morgan fingerprint density at radius 1 is 1.20 bits per heavy atom. The molecule has 0 spiro atoms. The van der Waals surface area contributed by atoms with Gasteiger partial charge in [-0.3, -0.25) is 0 Å². The van der Waals surface area contributed by atoms with E-state index < -0.39 is 6.10 Å². The molecule has 1 aromatic carbocycles. The molecule has 5 heteroatoms. The molecule has 0 bridgehead atoms. The van der Waals surface area contributed by atoms with Gasteiger partial charge in [0.2, 0.25) is 0 Å². The number of aliphatic hydroxyl groups excluding tert-OH is 1. The molecule has 4 nitrogen and oxygen atoms in total. The molecule has 0 radical (unpaired) electrons. The first-order valence-corrected chi connectivity index (χ1v) is 7.14. The van der Waals surface area contributed by atoms with Crippen molar-refractivity contribution in [3.05, 3.63) is 29.3 Å². The van der Waals surface area contributed by atoms with Crippen LogP contribution >= 0.6 is 11.6 Å². The predicted octanol–water partition coefficient (Wildman–Crippen LogP) is 2.48. The second kappa shape index (κ2) is 8.47. The van der Waals surface area contributed by atoms with Crippen LogP contribution in [-0.2, 0) is 4.74 Å². The van der Waals surface area contributed by atoms with Crippen LogP contribution in [0.5, 0.6) is 5.75 Å². The summed E-state index contributed by atoms with van der Waals surface area (Å²) in [6.45, 7) is 7.87. The van der Waals surface area contributed by atoms with Crippen molar-refractivity contribution in [2.45, 2.75) is 32.4 Å². The van der Waals surface area contributed by atoms with Gasteiger partial charge in [-0.2, -0.15) is 0 Å². The zero-order valence-corrected chi connectivity index (χ0v) is 13.1. The number of nitrogens with one attached hydrogen (secondary N) is 1. The predicted molar refractivity (Wildman–Crippen MR) is 81.5 cm³/mol. The van der Waals surface area contributed by atoms with E-state index in [9.17, 15) is 5.11 Å². The Morgan fingerprint density at radius 3 is 2.45 bits per heavy atom. The summed E-state index contributed by atoms with van der Waals surface area (Å²) in [5.74, 6) is 0.757. The summed E-state index contributed by atoms with van der Waals surface area (Å²) < 4.78 is 10.8. The Hall–Kier alpha value is -0.810. The standard InChI is InChI=1S/C15H24ClNO3/c1-15(2,3)17-10-13(18)11-19-8-9-20-14-6-4-12(16)5-7-14/h4-7,13,17-18H,8-11H2,1-3H3/t13-/m1/s1. The van der Waals surface area contributed by atoms with Crippen LogP contribution in [0.4, 0.5) is 0 Å². The molecule has 0 unspecified atom stereocenters. The second-order valence-electron chi connectivity index (χ2n) is 5.66. The van der Waals surface area contributed by atoms with Gasteiger partial charge in [0.1, 0.15) is 12.4 Å². The highest BCUT2D eigenvalue weighted by Crippen LogP contribution is 2.15. The monoisotopic (exact) mass is 301 g/mol. The maximum absolute atomic E-state index is 9.72. The van der Waals surface area contributed by atoms with Crippen molar-refractivity contribution >= 4 is 11.6 Å². The van der Waals surface area contributed by atoms with Crippen LogP contribution < -0.4 is 10.1 Å². The lowest BCUT2D eigenvalue weighted by molar-refractivity contribution is 0.0227. The molecule has 0 aliphatic carbocycles. The normalized spacial score (nSPS) is 13.2. The fraction of sp³-hybridized carbons (Fsp3) is 0.600. The van der Waals surface area contributed by atoms with E-state index >= 15 is 0 Å². The fourth-order valence-corrected chi connectivity index (χ4v) is 1.58. The van der Waals surface area contributed by atoms with Crippen LogP contribution in [0.2, 0.25) is 5.02 Å². The molecule has 1 rings (SSSR count). The average molecular weight is 302 g/mol. The summed E-state index contributed by atoms with van der Waals surface area (Å²) in [6.07, 6.45) is -0.509. The quantitative estimate of drug-likeness (QED) is 0.724. The van der Waals surface area contributed by atoms with E-state index in [0.29, 0.717) is 31.4 Å². The minimum absolute atomic E-state index is 0.00132. The molecular formula is C15H24ClNO3. The molecule has 0 amide bonds. The van der Waals surface area contributed by atoms with E-state index in [1.807, 2.05) is 12.1 Å². The van der Waals surface area contributed by atoms with Crippen molar-refractivity contribution in [2.75, 3.05) is 26.4 Å². The van der Waals surface area contributed by atoms with Gasteiger partial charge in [0, 0.05) is 17.1 Å². The first-order chi connectivity index (χ1) is 9.37. The molecule has 20 heavy (non-hydrogen) atoms. The zero-order chi connectivity index (χ0) is 15.0. The van der Waals surface area contributed by atoms with E-state index in [-0.39, 0.29) is 5.54 Å². The van der Waals surface area contributed by atoms with Gasteiger partial charge >= 0.3 is 0 Å². The number of ether oxygens (including phenoxy) is 2. The maximum Gasteiger partial charge on any atom is 0.119 e. The minimum Gasteiger partial charge on any atom is -0.491 e. The van der Waals surface area contributed by atoms with Crippen LogP contribution in [0.3, 0.4) is 0 Å². The number of rotatable bonds is 8. The Morgan fingerprint density at radius 2 is 1.85 bits per heavy atom. The van der Waals surface area contributed by atoms with Crippen molar-refractivity contribution < 1.29 is 14.6 Å². The molecular weight excluding hydrogens is 278 g/mol. The summed E-state index contributed by atoms with van der Waals surface area (Å²) in [5, 5.41) is 13.6. The Bertz CT molecular complexity index is 376. The summed E-state index contributed by atoms with van der Waals surface area (Å²) in [7, 11) is 0. The van der Waals surface area contributed by atoms with Gasteiger partial charge in [0.05, 0.1) is 19.3 Å². The summed E-state index contributed by atoms with van der Waals surface area (Å²) in [4.78, 5) is 0. The number of hydrogen-bond donors (Lipinski definition) is 2. The maximum atomic E-state index is 9.72. The number of benzene rings is 1. The highest BCUT2D eigenvalue weighted by molar-refractivity contribution is 6.30. The lowest BCUT2D eigenvalue weighted by Crippen LogP contribution is -2.42. The number of aliphatic hydroxyl groups is 1.